The van der Waals surface area contributed by atoms with Crippen LogP contribution in [0.3, 0.4) is 0 Å². The number of nitrogens with one attached hydrogen (secondary N) is 2. The zero-order valence-corrected chi connectivity index (χ0v) is 72.2. The maximum atomic E-state index is 14.1. The fraction of sp³-hybridized carbons (Fsp3) is 0.319. The molecule has 0 saturated carbocycles. The summed E-state index contributed by atoms with van der Waals surface area (Å²) in [6.07, 6.45) is 12.7. The van der Waals surface area contributed by atoms with Gasteiger partial charge in [0.1, 0.15) is 13.1 Å². The molecule has 0 aliphatic carbocycles. The summed E-state index contributed by atoms with van der Waals surface area (Å²) >= 11 is 10.7. The third-order valence-corrected chi connectivity index (χ3v) is 25.1. The van der Waals surface area contributed by atoms with E-state index in [1.54, 1.807) is 22.0 Å². The minimum Gasteiger partial charge on any atom is -0.368 e. The monoisotopic (exact) mass is 1760 g/mol. The Balaban J connectivity index is 0.000000140. The molecular weight excluding hydrogens is 1660 g/mol. The molecule has 0 spiro atoms. The van der Waals surface area contributed by atoms with Crippen molar-refractivity contribution in [2.75, 3.05) is 65.4 Å². The molecule has 0 bridgehead atoms. The van der Waals surface area contributed by atoms with Crippen LogP contribution in [0.15, 0.2) is 228 Å². The number of amides is 6. The van der Waals surface area contributed by atoms with Crippen LogP contribution in [0.1, 0.15) is 104 Å². The zero-order valence-electron chi connectivity index (χ0n) is 67.4. The number of aryl methyl sites for hydroxylation is 2. The Morgan fingerprint density at radius 3 is 1.27 bits per heavy atom. The molecule has 606 valence electrons. The van der Waals surface area contributed by atoms with E-state index in [0.717, 1.165) is 130 Å². The third kappa shape index (κ3) is 18.3. The highest BCUT2D eigenvalue weighted by molar-refractivity contribution is 9.11. The summed E-state index contributed by atoms with van der Waals surface area (Å²) in [5, 5.41) is 10.3. The SMILES string of the molecule is C=CC(=C)N1CC(NC(=O)Cn2c(C)c(C(=O)N3CCc4ccccc4C3C)c3cc(Br)cc(C)c32)C1.C=CC(=C)N1CC(NC(=O)Cn2c(C)c(C(=O)N3CCc4ccccc4C3C)c3cc(Br)cc(C)c32)C1.C=CC(=O)N1CC(CC(=O)Cn2ccc3ccc(Br)cc32)C1.C=CC(=O)N1CC(CC(=O)Cn2ccc3ccccc32)C1. The lowest BCUT2D eigenvalue weighted by atomic mass is 9.93. The highest BCUT2D eigenvalue weighted by Crippen LogP contribution is 2.40. The molecule has 2 N–H and O–H groups in total. The van der Waals surface area contributed by atoms with Crippen LogP contribution < -0.4 is 10.6 Å². The van der Waals surface area contributed by atoms with Gasteiger partial charge < -0.3 is 58.3 Å². The van der Waals surface area contributed by atoms with Crippen molar-refractivity contribution in [3.05, 3.63) is 284 Å². The van der Waals surface area contributed by atoms with Gasteiger partial charge in [-0.3, -0.25) is 38.4 Å². The number of benzene rings is 6. The molecule has 0 radical (unpaired) electrons. The lowest BCUT2D eigenvalue weighted by Crippen LogP contribution is -2.58. The van der Waals surface area contributed by atoms with Crippen LogP contribution in [-0.2, 0) is 67.8 Å². The third-order valence-electron chi connectivity index (χ3n) is 23.7. The normalized spacial score (nSPS) is 16.5. The smallest absolute Gasteiger partial charge is 0.256 e. The first kappa shape index (κ1) is 84.0. The molecule has 117 heavy (non-hydrogen) atoms. The van der Waals surface area contributed by atoms with Crippen LogP contribution in [0.2, 0.25) is 0 Å². The second kappa shape index (κ2) is 36.3. The standard InChI is InChI=1S/2C30H33BrN4O2.C17H17BrN2O2.C17H18N2O2/c2*1-6-19(3)33-15-24(16-33)32-27(36)17-35-21(5)28(26-14-23(31)13-18(2)29(26)35)30(37)34-12-11-22-9-7-8-10-25(22)20(34)4;1-2-17(22)20-9-12(10-20)7-15(21)11-19-6-5-13-3-4-14(18)8-16(13)19;1-2-17(21)19-10-13(11-19)9-15(20)12-18-8-7-14-5-3-4-6-16(14)18/h2*6-10,13-14,20,24H,1,3,11-12,15-17H2,2,4-5H3,(H,32,36);2-6,8,12H,1,7,9-11H2;2-8,13H,1,9-12H2. The van der Waals surface area contributed by atoms with Crippen LogP contribution in [0.5, 0.6) is 0 Å². The summed E-state index contributed by atoms with van der Waals surface area (Å²) < 4.78 is 10.8. The molecule has 2 atom stereocenters. The van der Waals surface area contributed by atoms with E-state index in [0.29, 0.717) is 82.2 Å². The van der Waals surface area contributed by atoms with Crippen molar-refractivity contribution in [3.63, 3.8) is 0 Å². The van der Waals surface area contributed by atoms with Crippen molar-refractivity contribution >= 4 is 138 Å². The first-order chi connectivity index (χ1) is 56.1. The van der Waals surface area contributed by atoms with Crippen molar-refractivity contribution < 1.29 is 38.4 Å². The Morgan fingerprint density at radius 2 is 0.846 bits per heavy atom. The number of hydrogen-bond acceptors (Lipinski definition) is 10. The number of para-hydroxylation sites is 1. The quantitative estimate of drug-likeness (QED) is 0.0486. The second-order valence-corrected chi connectivity index (χ2v) is 34.3. The number of rotatable bonds is 22. The van der Waals surface area contributed by atoms with Crippen LogP contribution in [0.4, 0.5) is 0 Å². The molecule has 16 rings (SSSR count). The number of Topliss-reactive ketones (excluding diaryl/α,β-unsaturated/α-hetero) is 2. The fourth-order valence-corrected chi connectivity index (χ4v) is 18.8. The topological polar surface area (TPSA) is 200 Å². The number of halogens is 3. The molecule has 10 aromatic rings. The van der Waals surface area contributed by atoms with Crippen LogP contribution in [0, 0.1) is 39.5 Å². The Morgan fingerprint density at radius 1 is 0.444 bits per heavy atom. The molecule has 10 heterocycles. The summed E-state index contributed by atoms with van der Waals surface area (Å²) in [5.41, 5.74) is 15.8. The van der Waals surface area contributed by atoms with Crippen LogP contribution in [0.25, 0.3) is 43.6 Å². The van der Waals surface area contributed by atoms with E-state index in [1.807, 2.05) is 159 Å². The van der Waals surface area contributed by atoms with E-state index >= 15 is 0 Å². The highest BCUT2D eigenvalue weighted by atomic mass is 79.9. The van der Waals surface area contributed by atoms with E-state index in [-0.39, 0.29) is 90.2 Å². The Kier molecular flexibility index (Phi) is 26.1. The number of carbonyl (C=O) groups excluding carboxylic acids is 8. The highest BCUT2D eigenvalue weighted by Gasteiger charge is 2.38. The number of hydrogen-bond donors (Lipinski definition) is 2. The van der Waals surface area contributed by atoms with Gasteiger partial charge in [-0.1, -0.05) is 160 Å². The first-order valence-electron chi connectivity index (χ1n) is 39.8. The van der Waals surface area contributed by atoms with Gasteiger partial charge in [0.2, 0.25) is 23.6 Å². The number of fused-ring (bicyclic) bond motifs is 6. The van der Waals surface area contributed by atoms with Gasteiger partial charge in [-0.05, 0) is 177 Å². The molecular formula is C94H101Br3N12O8. The van der Waals surface area contributed by atoms with Gasteiger partial charge in [-0.2, -0.15) is 0 Å². The number of carbonyl (C=O) groups is 8. The van der Waals surface area contributed by atoms with E-state index in [9.17, 15) is 38.4 Å². The minimum absolute atomic E-state index is 0.0127. The molecule has 6 aliphatic heterocycles. The van der Waals surface area contributed by atoms with Gasteiger partial charge in [0.15, 0.2) is 11.6 Å². The molecule has 6 aromatic carbocycles. The van der Waals surface area contributed by atoms with Crippen LogP contribution >= 0.6 is 47.8 Å². The van der Waals surface area contributed by atoms with Gasteiger partial charge >= 0.3 is 0 Å². The second-order valence-electron chi connectivity index (χ2n) is 31.6. The van der Waals surface area contributed by atoms with Crippen molar-refractivity contribution in [3.8, 4) is 0 Å². The van der Waals surface area contributed by atoms with E-state index in [2.05, 4.69) is 158 Å². The van der Waals surface area contributed by atoms with E-state index in [4.69, 9.17) is 0 Å². The molecule has 4 saturated heterocycles. The molecule has 4 fully saturated rings. The summed E-state index contributed by atoms with van der Waals surface area (Å²) in [6, 6.07) is 43.1. The number of nitrogens with zero attached hydrogens (tertiary/aromatic N) is 10. The zero-order chi connectivity index (χ0) is 83.4. The Labute approximate surface area is 709 Å². The van der Waals surface area contributed by atoms with Crippen molar-refractivity contribution in [1.29, 1.82) is 0 Å². The van der Waals surface area contributed by atoms with Crippen molar-refractivity contribution in [2.24, 2.45) is 11.8 Å². The molecule has 6 amide bonds. The fourth-order valence-electron chi connectivity index (χ4n) is 17.3. The average Bonchev–Trinajstić information content (AvgIpc) is 1.60. The Bertz CT molecular complexity index is 5420. The average molecular weight is 1770 g/mol. The maximum absolute atomic E-state index is 14.1. The van der Waals surface area contributed by atoms with Gasteiger partial charge in [0, 0.05) is 161 Å². The summed E-state index contributed by atoms with van der Waals surface area (Å²) in [5.74, 6) is 0.803. The maximum Gasteiger partial charge on any atom is 0.256 e. The molecule has 4 aromatic heterocycles. The number of allylic oxidation sites excluding steroid dienone is 2. The van der Waals surface area contributed by atoms with Gasteiger partial charge in [-0.25, -0.2) is 0 Å². The lowest BCUT2D eigenvalue weighted by Gasteiger charge is -2.41. The summed E-state index contributed by atoms with van der Waals surface area (Å²) in [6.45, 7) is 42.6. The van der Waals surface area contributed by atoms with Crippen molar-refractivity contribution in [2.45, 2.75) is 118 Å². The van der Waals surface area contributed by atoms with Gasteiger partial charge in [0.25, 0.3) is 11.8 Å². The summed E-state index contributed by atoms with van der Waals surface area (Å²) in [4.78, 5) is 113. The molecule has 6 aliphatic rings. The number of aromatic nitrogens is 4. The largest absolute Gasteiger partial charge is 0.368 e. The van der Waals surface area contributed by atoms with Gasteiger partial charge in [0.05, 0.1) is 59.4 Å². The molecule has 2 unspecified atom stereocenters. The predicted molar refractivity (Wildman–Crippen MR) is 474 cm³/mol. The number of likely N-dealkylation sites (tertiary alicyclic amines) is 4. The van der Waals surface area contributed by atoms with Crippen molar-refractivity contribution in [1.82, 2.24) is 58.3 Å². The van der Waals surface area contributed by atoms with Gasteiger partial charge in [-0.15, -0.1) is 0 Å². The lowest BCUT2D eigenvalue weighted by molar-refractivity contribution is -0.134. The summed E-state index contributed by atoms with van der Waals surface area (Å²) in [7, 11) is 0. The Hall–Kier alpha value is -10.9. The number of ketones is 2. The minimum atomic E-state index is -0.0598. The van der Waals surface area contributed by atoms with E-state index < -0.39 is 0 Å². The predicted octanol–water partition coefficient (Wildman–Crippen LogP) is 15.8. The molecule has 23 heteroatoms. The molecule has 20 nitrogen and oxygen atoms in total. The first-order valence-corrected chi connectivity index (χ1v) is 42.2. The van der Waals surface area contributed by atoms with E-state index in [1.165, 1.54) is 34.4 Å². The van der Waals surface area contributed by atoms with Crippen LogP contribution in [-0.4, -0.2) is 172 Å².